The van der Waals surface area contributed by atoms with Gasteiger partial charge in [-0.05, 0) is 30.5 Å². The third kappa shape index (κ3) is 4.95. The molecular weight excluding hydrogens is 440 g/mol. The van der Waals surface area contributed by atoms with Gasteiger partial charge in [-0.2, -0.15) is 14.6 Å². The molecule has 2 aromatic carbocycles. The monoisotopic (exact) mass is 466 g/mol. The molecule has 0 saturated heterocycles. The summed E-state index contributed by atoms with van der Waals surface area (Å²) < 4.78 is 1.69. The second kappa shape index (κ2) is 9.86. The molecule has 0 aliphatic carbocycles. The Labute approximate surface area is 203 Å². The molecule has 5 aromatic rings. The van der Waals surface area contributed by atoms with Gasteiger partial charge in [0.2, 0.25) is 11.9 Å². The number of rotatable bonds is 8. The maximum absolute atomic E-state index is 9.39. The van der Waals surface area contributed by atoms with Gasteiger partial charge in [-0.25, -0.2) is 15.0 Å². The number of nitrogens with zero attached hydrogens (tertiary/aromatic N) is 7. The average molecular weight is 467 g/mol. The molecule has 3 heterocycles. The minimum atomic E-state index is 0.0334. The lowest BCUT2D eigenvalue weighted by molar-refractivity contribution is 0.281. The van der Waals surface area contributed by atoms with Crippen molar-refractivity contribution in [1.82, 2.24) is 29.5 Å². The van der Waals surface area contributed by atoms with Gasteiger partial charge in [0.1, 0.15) is 12.1 Å². The van der Waals surface area contributed by atoms with E-state index in [4.69, 9.17) is 9.97 Å². The molecule has 0 amide bonds. The predicted molar refractivity (Wildman–Crippen MR) is 135 cm³/mol. The minimum Gasteiger partial charge on any atom is -0.392 e. The number of aromatic nitrogens is 6. The van der Waals surface area contributed by atoms with Crippen LogP contribution in [-0.2, 0) is 13.0 Å². The van der Waals surface area contributed by atoms with E-state index in [0.717, 1.165) is 28.8 Å². The molecule has 9 heteroatoms. The highest BCUT2D eigenvalue weighted by atomic mass is 16.3. The molecule has 1 atom stereocenters. The zero-order chi connectivity index (χ0) is 24.2. The molecule has 0 spiro atoms. The molecule has 176 valence electrons. The van der Waals surface area contributed by atoms with Crippen molar-refractivity contribution in [2.24, 2.45) is 0 Å². The molecule has 0 aliphatic rings. The number of hydrogen-bond donors (Lipinski definition) is 2. The standard InChI is InChI=1S/C26H26N8O/c1-18(13-19-7-6-8-20(14-19)16-35)30-25-27-12-11-23(32-25)33(2)26-31-22(21-9-4-3-5-10-21)15-24-28-17-29-34(24)26/h3-12,14-15,17-18,35H,13,16H2,1-2H3,(H,27,30,32). The van der Waals surface area contributed by atoms with E-state index in [0.29, 0.717) is 23.4 Å². The van der Waals surface area contributed by atoms with Crippen molar-refractivity contribution in [2.45, 2.75) is 26.0 Å². The van der Waals surface area contributed by atoms with Crippen molar-refractivity contribution in [3.63, 3.8) is 0 Å². The molecule has 35 heavy (non-hydrogen) atoms. The molecule has 0 saturated carbocycles. The maximum atomic E-state index is 9.39. The van der Waals surface area contributed by atoms with Crippen LogP contribution >= 0.6 is 0 Å². The van der Waals surface area contributed by atoms with Gasteiger partial charge < -0.3 is 10.4 Å². The van der Waals surface area contributed by atoms with E-state index in [1.807, 2.05) is 72.6 Å². The fraction of sp³-hybridized carbons (Fsp3) is 0.192. The maximum Gasteiger partial charge on any atom is 0.234 e. The summed E-state index contributed by atoms with van der Waals surface area (Å²) in [6.07, 6.45) is 4.01. The van der Waals surface area contributed by atoms with E-state index in [1.165, 1.54) is 6.33 Å². The summed E-state index contributed by atoms with van der Waals surface area (Å²) in [6, 6.07) is 21.8. The highest BCUT2D eigenvalue weighted by molar-refractivity contribution is 5.67. The Balaban J connectivity index is 1.40. The predicted octanol–water partition coefficient (Wildman–Crippen LogP) is 3.88. The molecule has 3 aromatic heterocycles. The lowest BCUT2D eigenvalue weighted by Gasteiger charge is -2.20. The summed E-state index contributed by atoms with van der Waals surface area (Å²) in [5, 5.41) is 17.1. The van der Waals surface area contributed by atoms with Crippen molar-refractivity contribution >= 4 is 23.4 Å². The Morgan fingerprint density at radius 1 is 0.971 bits per heavy atom. The highest BCUT2D eigenvalue weighted by Gasteiger charge is 2.16. The van der Waals surface area contributed by atoms with Crippen LogP contribution < -0.4 is 10.2 Å². The number of hydrogen-bond acceptors (Lipinski definition) is 8. The molecule has 9 nitrogen and oxygen atoms in total. The van der Waals surface area contributed by atoms with Gasteiger partial charge in [0.05, 0.1) is 12.3 Å². The van der Waals surface area contributed by atoms with E-state index in [9.17, 15) is 5.11 Å². The smallest absolute Gasteiger partial charge is 0.234 e. The van der Waals surface area contributed by atoms with Crippen LogP contribution in [-0.4, -0.2) is 47.7 Å². The summed E-state index contributed by atoms with van der Waals surface area (Å²) in [6.45, 7) is 2.11. The summed E-state index contributed by atoms with van der Waals surface area (Å²) >= 11 is 0. The number of fused-ring (bicyclic) bond motifs is 1. The Morgan fingerprint density at radius 3 is 2.63 bits per heavy atom. The highest BCUT2D eigenvalue weighted by Crippen LogP contribution is 2.25. The van der Waals surface area contributed by atoms with E-state index >= 15 is 0 Å². The number of benzene rings is 2. The van der Waals surface area contributed by atoms with Crippen LogP contribution in [0.25, 0.3) is 16.9 Å². The van der Waals surface area contributed by atoms with Crippen LogP contribution in [0.3, 0.4) is 0 Å². The van der Waals surface area contributed by atoms with Crippen molar-refractivity contribution < 1.29 is 5.11 Å². The summed E-state index contributed by atoms with van der Waals surface area (Å²) in [5.74, 6) is 1.79. The van der Waals surface area contributed by atoms with Crippen molar-refractivity contribution in [3.8, 4) is 11.3 Å². The van der Waals surface area contributed by atoms with E-state index in [1.54, 1.807) is 10.7 Å². The summed E-state index contributed by atoms with van der Waals surface area (Å²) in [5.41, 5.74) is 4.54. The van der Waals surface area contributed by atoms with Crippen LogP contribution in [0.2, 0.25) is 0 Å². The molecule has 0 aliphatic heterocycles. The minimum absolute atomic E-state index is 0.0334. The third-order valence-corrected chi connectivity index (χ3v) is 5.70. The first kappa shape index (κ1) is 22.4. The molecule has 1 unspecified atom stereocenters. The largest absolute Gasteiger partial charge is 0.392 e. The van der Waals surface area contributed by atoms with Gasteiger partial charge in [0.15, 0.2) is 5.65 Å². The summed E-state index contributed by atoms with van der Waals surface area (Å²) in [7, 11) is 1.90. The second-order valence-corrected chi connectivity index (χ2v) is 8.36. The Bertz CT molecular complexity index is 1440. The molecule has 0 bridgehead atoms. The van der Waals surface area contributed by atoms with Crippen molar-refractivity contribution in [1.29, 1.82) is 0 Å². The fourth-order valence-electron chi connectivity index (χ4n) is 3.97. The lowest BCUT2D eigenvalue weighted by Crippen LogP contribution is -2.22. The first-order chi connectivity index (χ1) is 17.1. The van der Waals surface area contributed by atoms with Crippen LogP contribution in [0.4, 0.5) is 17.7 Å². The quantitative estimate of drug-likeness (QED) is 0.355. The topological polar surface area (TPSA) is 104 Å². The Kier molecular flexibility index (Phi) is 6.32. The molecular formula is C26H26N8O. The molecule has 0 fully saturated rings. The van der Waals surface area contributed by atoms with E-state index < -0.39 is 0 Å². The van der Waals surface area contributed by atoms with E-state index in [2.05, 4.69) is 33.4 Å². The number of nitrogens with one attached hydrogen (secondary N) is 1. The fourth-order valence-corrected chi connectivity index (χ4v) is 3.97. The van der Waals surface area contributed by atoms with Crippen molar-refractivity contribution in [2.75, 3.05) is 17.3 Å². The number of aliphatic hydroxyl groups is 1. The molecule has 2 N–H and O–H groups in total. The Hall–Kier alpha value is -4.37. The van der Waals surface area contributed by atoms with Crippen LogP contribution in [0.5, 0.6) is 0 Å². The van der Waals surface area contributed by atoms with Gasteiger partial charge in [-0.1, -0.05) is 54.6 Å². The van der Waals surface area contributed by atoms with Gasteiger partial charge in [0, 0.05) is 30.9 Å². The lowest BCUT2D eigenvalue weighted by atomic mass is 10.0. The zero-order valence-corrected chi connectivity index (χ0v) is 19.6. The first-order valence-corrected chi connectivity index (χ1v) is 11.4. The average Bonchev–Trinajstić information content (AvgIpc) is 3.37. The summed E-state index contributed by atoms with van der Waals surface area (Å²) in [4.78, 5) is 20.2. The first-order valence-electron chi connectivity index (χ1n) is 11.4. The van der Waals surface area contributed by atoms with Crippen LogP contribution in [0.1, 0.15) is 18.1 Å². The van der Waals surface area contributed by atoms with Gasteiger partial charge in [0.25, 0.3) is 0 Å². The van der Waals surface area contributed by atoms with E-state index in [-0.39, 0.29) is 12.6 Å². The van der Waals surface area contributed by atoms with Crippen molar-refractivity contribution in [3.05, 3.63) is 90.4 Å². The molecule has 0 radical (unpaired) electrons. The van der Waals surface area contributed by atoms with Gasteiger partial charge >= 0.3 is 0 Å². The molecule has 5 rings (SSSR count). The zero-order valence-electron chi connectivity index (χ0n) is 19.6. The van der Waals surface area contributed by atoms with Crippen LogP contribution in [0, 0.1) is 0 Å². The number of anilines is 3. The second-order valence-electron chi connectivity index (χ2n) is 8.36. The normalized spacial score (nSPS) is 12.0. The van der Waals surface area contributed by atoms with Gasteiger partial charge in [-0.15, -0.1) is 0 Å². The van der Waals surface area contributed by atoms with Gasteiger partial charge in [-0.3, -0.25) is 4.90 Å². The number of aliphatic hydroxyl groups excluding tert-OH is 1. The Morgan fingerprint density at radius 2 is 1.80 bits per heavy atom. The SMILES string of the molecule is CC(Cc1cccc(CO)c1)Nc1nccc(N(C)c2nc(-c3ccccc3)cc3ncnn23)n1. The van der Waals surface area contributed by atoms with Crippen LogP contribution in [0.15, 0.2) is 79.3 Å². The third-order valence-electron chi connectivity index (χ3n) is 5.70.